The number of aryl methyl sites for hydroxylation is 1. The van der Waals surface area contributed by atoms with Crippen molar-refractivity contribution in [1.29, 1.82) is 5.26 Å². The summed E-state index contributed by atoms with van der Waals surface area (Å²) in [6, 6.07) is 21.6. The van der Waals surface area contributed by atoms with Crippen molar-refractivity contribution in [3.8, 4) is 22.9 Å². The van der Waals surface area contributed by atoms with Gasteiger partial charge in [0.1, 0.15) is 5.69 Å². The molecule has 0 fully saturated rings. The zero-order chi connectivity index (χ0) is 30.6. The number of carbonyl (C=O) groups excluding carboxylic acids is 1. The van der Waals surface area contributed by atoms with Crippen molar-refractivity contribution >= 4 is 27.1 Å². The largest absolute Gasteiger partial charge is 0.504 e. The number of benzene rings is 3. The van der Waals surface area contributed by atoms with Gasteiger partial charge < -0.3 is 19.9 Å². The van der Waals surface area contributed by atoms with E-state index in [1.807, 2.05) is 6.92 Å². The Morgan fingerprint density at radius 3 is 2.33 bits per heavy atom. The van der Waals surface area contributed by atoms with Crippen LogP contribution in [0.5, 0.6) is 5.75 Å². The normalized spacial score (nSPS) is 11.1. The molecule has 0 bridgehead atoms. The second kappa shape index (κ2) is 12.3. The molecular formula is C32H32N4O5S. The highest BCUT2D eigenvalue weighted by Crippen LogP contribution is 2.40. The van der Waals surface area contributed by atoms with E-state index in [2.05, 4.69) is 11.1 Å². The second-order valence-electron chi connectivity index (χ2n) is 10.1. The fraction of sp³-hybridized carbons (Fsp3) is 0.219. The molecule has 0 spiro atoms. The van der Waals surface area contributed by atoms with Gasteiger partial charge in [-0.2, -0.15) is 5.26 Å². The quantitative estimate of drug-likeness (QED) is 0.274. The van der Waals surface area contributed by atoms with E-state index in [0.29, 0.717) is 46.5 Å². The van der Waals surface area contributed by atoms with Crippen molar-refractivity contribution in [3.05, 3.63) is 100.0 Å². The fourth-order valence-electron chi connectivity index (χ4n) is 4.76. The number of aromatic nitrogens is 1. The number of nitriles is 1. The van der Waals surface area contributed by atoms with Crippen LogP contribution in [0.2, 0.25) is 0 Å². The van der Waals surface area contributed by atoms with E-state index < -0.39 is 26.0 Å². The average molecular weight is 585 g/mol. The third-order valence-corrected chi connectivity index (χ3v) is 8.79. The van der Waals surface area contributed by atoms with Crippen molar-refractivity contribution in [1.82, 2.24) is 9.88 Å². The summed E-state index contributed by atoms with van der Waals surface area (Å²) < 4.78 is 27.6. The van der Waals surface area contributed by atoms with Gasteiger partial charge in [0.25, 0.3) is 11.5 Å². The molecular weight excluding hydrogens is 552 g/mol. The number of H-pyrrole nitrogens is 1. The summed E-state index contributed by atoms with van der Waals surface area (Å²) in [7, 11) is 0.463. The Morgan fingerprint density at radius 2 is 1.69 bits per heavy atom. The molecule has 0 atom stereocenters. The SMILES string of the molecule is CCCCc1[nH]c(=O)c(S(=O)(=O)c2ccc(-c3ccccc3C(=O)N(C)C)cc2)c(O)c1N(C)c1cccc(C#N)c1. The minimum atomic E-state index is -4.48. The van der Waals surface area contributed by atoms with Gasteiger partial charge in [0.15, 0.2) is 10.6 Å². The number of amides is 1. The molecule has 4 rings (SSSR count). The van der Waals surface area contributed by atoms with Crippen LogP contribution in [0, 0.1) is 11.3 Å². The highest BCUT2D eigenvalue weighted by Gasteiger charge is 2.31. The molecule has 3 aromatic carbocycles. The first-order valence-electron chi connectivity index (χ1n) is 13.4. The Balaban J connectivity index is 1.83. The van der Waals surface area contributed by atoms with E-state index in [1.54, 1.807) is 86.7 Å². The number of carbonyl (C=O) groups is 1. The molecule has 42 heavy (non-hydrogen) atoms. The van der Waals surface area contributed by atoms with Crippen LogP contribution in [0.3, 0.4) is 0 Å². The van der Waals surface area contributed by atoms with E-state index in [-0.39, 0.29) is 16.5 Å². The first kappa shape index (κ1) is 30.1. The Morgan fingerprint density at radius 1 is 1.00 bits per heavy atom. The van der Waals surface area contributed by atoms with Crippen LogP contribution in [-0.2, 0) is 16.3 Å². The Hall–Kier alpha value is -4.88. The Bertz CT molecular complexity index is 1840. The molecule has 1 amide bonds. The molecule has 1 heterocycles. The zero-order valence-corrected chi connectivity index (χ0v) is 24.7. The summed E-state index contributed by atoms with van der Waals surface area (Å²) in [6.45, 7) is 1.98. The monoisotopic (exact) mass is 584 g/mol. The Labute approximate surface area is 245 Å². The minimum absolute atomic E-state index is 0.143. The van der Waals surface area contributed by atoms with Crippen LogP contribution in [0.1, 0.15) is 41.4 Å². The number of aromatic hydroxyl groups is 1. The maximum atomic E-state index is 13.8. The zero-order valence-electron chi connectivity index (χ0n) is 23.9. The molecule has 4 aromatic rings. The number of rotatable bonds is 9. The van der Waals surface area contributed by atoms with Gasteiger partial charge in [0, 0.05) is 38.1 Å². The van der Waals surface area contributed by atoms with Crippen LogP contribution < -0.4 is 10.5 Å². The van der Waals surface area contributed by atoms with Crippen LogP contribution in [0.15, 0.2) is 87.4 Å². The van der Waals surface area contributed by atoms with Crippen molar-refractivity contribution < 1.29 is 18.3 Å². The van der Waals surface area contributed by atoms with Crippen LogP contribution in [-0.4, -0.2) is 50.5 Å². The predicted molar refractivity (Wildman–Crippen MR) is 162 cm³/mol. The first-order valence-corrected chi connectivity index (χ1v) is 14.9. The van der Waals surface area contributed by atoms with Crippen LogP contribution in [0.4, 0.5) is 11.4 Å². The molecule has 2 N–H and O–H groups in total. The van der Waals surface area contributed by atoms with Crippen LogP contribution in [0.25, 0.3) is 11.1 Å². The van der Waals surface area contributed by atoms with E-state index in [1.165, 1.54) is 17.0 Å². The lowest BCUT2D eigenvalue weighted by Gasteiger charge is -2.25. The molecule has 0 radical (unpaired) electrons. The molecule has 10 heteroatoms. The predicted octanol–water partition coefficient (Wildman–Crippen LogP) is 5.26. The second-order valence-corrected chi connectivity index (χ2v) is 11.9. The van der Waals surface area contributed by atoms with Gasteiger partial charge in [-0.05, 0) is 60.4 Å². The number of pyridine rings is 1. The lowest BCUT2D eigenvalue weighted by atomic mass is 9.99. The maximum Gasteiger partial charge on any atom is 0.271 e. The van der Waals surface area contributed by atoms with Gasteiger partial charge >= 0.3 is 0 Å². The molecule has 9 nitrogen and oxygen atoms in total. The number of unbranched alkanes of at least 4 members (excludes halogenated alkanes) is 1. The summed E-state index contributed by atoms with van der Waals surface area (Å²) in [5, 5.41) is 20.8. The van der Waals surface area contributed by atoms with Gasteiger partial charge in [0.05, 0.1) is 16.5 Å². The van der Waals surface area contributed by atoms with Gasteiger partial charge in [-0.15, -0.1) is 0 Å². The lowest BCUT2D eigenvalue weighted by Crippen LogP contribution is -2.24. The van der Waals surface area contributed by atoms with Crippen molar-refractivity contribution in [2.75, 3.05) is 26.0 Å². The molecule has 1 aromatic heterocycles. The number of hydrogen-bond acceptors (Lipinski definition) is 7. The summed E-state index contributed by atoms with van der Waals surface area (Å²) >= 11 is 0. The summed E-state index contributed by atoms with van der Waals surface area (Å²) in [5.41, 5.74) is 2.24. The topological polar surface area (TPSA) is 135 Å². The highest BCUT2D eigenvalue weighted by molar-refractivity contribution is 7.91. The van der Waals surface area contributed by atoms with Crippen molar-refractivity contribution in [2.45, 2.75) is 36.0 Å². The third kappa shape index (κ3) is 5.78. The molecule has 0 aliphatic heterocycles. The van der Waals surface area contributed by atoms with E-state index in [0.717, 1.165) is 6.42 Å². The minimum Gasteiger partial charge on any atom is -0.504 e. The van der Waals surface area contributed by atoms with E-state index >= 15 is 0 Å². The molecule has 0 unspecified atom stereocenters. The summed E-state index contributed by atoms with van der Waals surface area (Å²) in [4.78, 5) is 30.7. The highest BCUT2D eigenvalue weighted by atomic mass is 32.2. The summed E-state index contributed by atoms with van der Waals surface area (Å²) in [6.07, 6.45) is 1.91. The first-order chi connectivity index (χ1) is 20.0. The van der Waals surface area contributed by atoms with Gasteiger partial charge in [-0.25, -0.2) is 8.42 Å². The van der Waals surface area contributed by atoms with Gasteiger partial charge in [-0.1, -0.05) is 49.7 Å². The Kier molecular flexibility index (Phi) is 8.83. The summed E-state index contributed by atoms with van der Waals surface area (Å²) in [5.74, 6) is -0.861. The third-order valence-electron chi connectivity index (χ3n) is 6.98. The molecule has 0 aliphatic carbocycles. The number of anilines is 2. The maximum absolute atomic E-state index is 13.8. The van der Waals surface area contributed by atoms with Crippen molar-refractivity contribution in [3.63, 3.8) is 0 Å². The number of sulfone groups is 1. The number of nitrogens with zero attached hydrogens (tertiary/aromatic N) is 3. The van der Waals surface area contributed by atoms with E-state index in [4.69, 9.17) is 0 Å². The molecule has 216 valence electrons. The lowest BCUT2D eigenvalue weighted by molar-refractivity contribution is 0.0828. The molecule has 0 saturated carbocycles. The number of hydrogen-bond donors (Lipinski definition) is 2. The van der Waals surface area contributed by atoms with E-state index in [9.17, 15) is 28.4 Å². The number of aromatic amines is 1. The van der Waals surface area contributed by atoms with Crippen molar-refractivity contribution in [2.24, 2.45) is 0 Å². The molecule has 0 aliphatic rings. The standard InChI is InChI=1S/C32H32N4O5S/c1-5-6-14-27-28(36(4)23-11-9-10-21(19-23)20-33)29(37)30(31(38)34-27)42(40,41)24-17-15-22(16-18-24)25-12-7-8-13-26(25)32(39)35(2)3/h7-13,15-19H,5-6,14H2,1-4H3,(H2,34,37,38). The molecule has 0 saturated heterocycles. The average Bonchev–Trinajstić information content (AvgIpc) is 2.99. The van der Waals surface area contributed by atoms with Gasteiger partial charge in [-0.3, -0.25) is 9.59 Å². The number of nitrogens with one attached hydrogen (secondary N) is 1. The van der Waals surface area contributed by atoms with Gasteiger partial charge in [0.2, 0.25) is 9.84 Å². The fourth-order valence-corrected chi connectivity index (χ4v) is 6.14. The smallest absolute Gasteiger partial charge is 0.271 e. The van der Waals surface area contributed by atoms with Crippen LogP contribution >= 0.6 is 0 Å².